The molecule has 0 aliphatic heterocycles. The SMILES string of the molecule is CNC(=O)Cc1ccc(Nc2ccc(O)c3c2C(=O)c2ccccc2C3=O)cc1. The Morgan fingerprint density at radius 1 is 0.862 bits per heavy atom. The van der Waals surface area contributed by atoms with Gasteiger partial charge < -0.3 is 15.7 Å². The molecule has 29 heavy (non-hydrogen) atoms. The van der Waals surface area contributed by atoms with E-state index in [9.17, 15) is 19.5 Å². The van der Waals surface area contributed by atoms with Gasteiger partial charge in [-0.2, -0.15) is 0 Å². The minimum atomic E-state index is -0.378. The molecule has 1 aliphatic carbocycles. The van der Waals surface area contributed by atoms with Gasteiger partial charge in [-0.25, -0.2) is 0 Å². The Balaban J connectivity index is 1.71. The van der Waals surface area contributed by atoms with E-state index < -0.39 is 0 Å². The second-order valence-corrected chi connectivity index (χ2v) is 6.76. The van der Waals surface area contributed by atoms with Crippen molar-refractivity contribution in [3.63, 3.8) is 0 Å². The van der Waals surface area contributed by atoms with Crippen LogP contribution in [-0.2, 0) is 11.2 Å². The molecule has 144 valence electrons. The summed E-state index contributed by atoms with van der Waals surface area (Å²) in [6.07, 6.45) is 0.273. The van der Waals surface area contributed by atoms with Crippen molar-refractivity contribution in [3.8, 4) is 5.75 Å². The summed E-state index contributed by atoms with van der Waals surface area (Å²) in [5.74, 6) is -0.998. The van der Waals surface area contributed by atoms with Gasteiger partial charge in [-0.15, -0.1) is 0 Å². The fourth-order valence-corrected chi connectivity index (χ4v) is 3.45. The fourth-order valence-electron chi connectivity index (χ4n) is 3.45. The Labute approximate surface area is 167 Å². The van der Waals surface area contributed by atoms with Crippen molar-refractivity contribution < 1.29 is 19.5 Å². The Hall–Kier alpha value is -3.93. The first-order valence-corrected chi connectivity index (χ1v) is 9.10. The largest absolute Gasteiger partial charge is 0.507 e. The van der Waals surface area contributed by atoms with Crippen molar-refractivity contribution in [2.24, 2.45) is 0 Å². The maximum Gasteiger partial charge on any atom is 0.224 e. The molecule has 0 radical (unpaired) electrons. The third-order valence-electron chi connectivity index (χ3n) is 4.93. The molecule has 3 aromatic carbocycles. The van der Waals surface area contributed by atoms with Crippen LogP contribution in [-0.4, -0.2) is 29.6 Å². The van der Waals surface area contributed by atoms with Crippen LogP contribution in [0.2, 0.25) is 0 Å². The number of fused-ring (bicyclic) bond motifs is 2. The van der Waals surface area contributed by atoms with Crippen molar-refractivity contribution in [2.75, 3.05) is 12.4 Å². The normalized spacial score (nSPS) is 12.2. The predicted octanol–water partition coefficient (Wildman–Crippen LogP) is 3.20. The highest BCUT2D eigenvalue weighted by Gasteiger charge is 2.33. The van der Waals surface area contributed by atoms with Crippen molar-refractivity contribution in [3.05, 3.63) is 88.5 Å². The Bertz CT molecular complexity index is 1150. The Morgan fingerprint density at radius 2 is 1.48 bits per heavy atom. The molecule has 0 aromatic heterocycles. The van der Waals surface area contributed by atoms with Crippen LogP contribution in [0.1, 0.15) is 37.4 Å². The van der Waals surface area contributed by atoms with Gasteiger partial charge in [0.25, 0.3) is 0 Å². The minimum Gasteiger partial charge on any atom is -0.507 e. The van der Waals surface area contributed by atoms with E-state index >= 15 is 0 Å². The number of rotatable bonds is 4. The molecule has 4 rings (SSSR count). The van der Waals surface area contributed by atoms with E-state index in [0.29, 0.717) is 16.9 Å². The summed E-state index contributed by atoms with van der Waals surface area (Å²) in [5, 5.41) is 16.0. The number of phenols is 1. The van der Waals surface area contributed by atoms with Crippen LogP contribution in [0.3, 0.4) is 0 Å². The fraction of sp³-hybridized carbons (Fsp3) is 0.0870. The van der Waals surface area contributed by atoms with E-state index in [4.69, 9.17) is 0 Å². The van der Waals surface area contributed by atoms with Crippen LogP contribution in [0.25, 0.3) is 0 Å². The number of anilines is 2. The van der Waals surface area contributed by atoms with Crippen LogP contribution in [0.4, 0.5) is 11.4 Å². The molecule has 0 fully saturated rings. The van der Waals surface area contributed by atoms with Crippen LogP contribution in [0, 0.1) is 0 Å². The highest BCUT2D eigenvalue weighted by atomic mass is 16.3. The van der Waals surface area contributed by atoms with E-state index in [1.807, 2.05) is 12.1 Å². The molecule has 6 nitrogen and oxygen atoms in total. The summed E-state index contributed by atoms with van der Waals surface area (Å²) in [6, 6.07) is 16.8. The maximum absolute atomic E-state index is 13.1. The van der Waals surface area contributed by atoms with Gasteiger partial charge in [-0.3, -0.25) is 14.4 Å². The van der Waals surface area contributed by atoms with Crippen molar-refractivity contribution in [1.82, 2.24) is 5.32 Å². The van der Waals surface area contributed by atoms with Crippen molar-refractivity contribution in [2.45, 2.75) is 6.42 Å². The zero-order valence-electron chi connectivity index (χ0n) is 15.7. The minimum absolute atomic E-state index is 0.00920. The Morgan fingerprint density at radius 3 is 2.10 bits per heavy atom. The van der Waals surface area contributed by atoms with Gasteiger partial charge in [0.1, 0.15) is 5.75 Å². The number of likely N-dealkylation sites (N-methyl/N-ethyl adjacent to an activating group) is 1. The van der Waals surface area contributed by atoms with Gasteiger partial charge in [-0.1, -0.05) is 36.4 Å². The number of carbonyl (C=O) groups is 3. The van der Waals surface area contributed by atoms with Crippen molar-refractivity contribution in [1.29, 1.82) is 0 Å². The predicted molar refractivity (Wildman–Crippen MR) is 109 cm³/mol. The number of carbonyl (C=O) groups excluding carboxylic acids is 3. The lowest BCUT2D eigenvalue weighted by atomic mass is 9.82. The number of ketones is 2. The Kier molecular flexibility index (Phi) is 4.60. The molecule has 0 atom stereocenters. The lowest BCUT2D eigenvalue weighted by Crippen LogP contribution is -2.22. The highest BCUT2D eigenvalue weighted by molar-refractivity contribution is 6.31. The quantitative estimate of drug-likeness (QED) is 0.468. The average molecular weight is 386 g/mol. The third kappa shape index (κ3) is 3.25. The lowest BCUT2D eigenvalue weighted by Gasteiger charge is -2.21. The van der Waals surface area contributed by atoms with E-state index in [2.05, 4.69) is 10.6 Å². The summed E-state index contributed by atoms with van der Waals surface area (Å²) in [4.78, 5) is 37.5. The molecule has 3 N–H and O–H groups in total. The summed E-state index contributed by atoms with van der Waals surface area (Å²) in [7, 11) is 1.59. The van der Waals surface area contributed by atoms with Gasteiger partial charge in [0, 0.05) is 23.9 Å². The molecule has 0 spiro atoms. The number of benzene rings is 3. The molecule has 0 saturated heterocycles. The first-order valence-electron chi connectivity index (χ1n) is 9.10. The van der Waals surface area contributed by atoms with E-state index in [-0.39, 0.29) is 46.3 Å². The molecule has 0 unspecified atom stereocenters. The van der Waals surface area contributed by atoms with Gasteiger partial charge in [0.05, 0.1) is 23.2 Å². The summed E-state index contributed by atoms with van der Waals surface area (Å²) in [6.45, 7) is 0. The number of nitrogens with one attached hydrogen (secondary N) is 2. The van der Waals surface area contributed by atoms with Gasteiger partial charge in [-0.05, 0) is 29.8 Å². The van der Waals surface area contributed by atoms with Crippen LogP contribution in [0.15, 0.2) is 60.7 Å². The second kappa shape index (κ2) is 7.24. The molecule has 0 saturated carbocycles. The molecule has 0 heterocycles. The summed E-state index contributed by atoms with van der Waals surface area (Å²) < 4.78 is 0. The van der Waals surface area contributed by atoms with Crippen LogP contribution >= 0.6 is 0 Å². The van der Waals surface area contributed by atoms with Crippen molar-refractivity contribution >= 4 is 28.8 Å². The monoisotopic (exact) mass is 386 g/mol. The van der Waals surface area contributed by atoms with Gasteiger partial charge in [0.2, 0.25) is 5.91 Å². The van der Waals surface area contributed by atoms with E-state index in [1.165, 1.54) is 6.07 Å². The number of aromatic hydroxyl groups is 1. The highest BCUT2D eigenvalue weighted by Crippen LogP contribution is 2.37. The number of hydrogen-bond donors (Lipinski definition) is 3. The maximum atomic E-state index is 13.1. The van der Waals surface area contributed by atoms with E-state index in [1.54, 1.807) is 49.5 Å². The first-order chi connectivity index (χ1) is 14.0. The number of phenolic OH excluding ortho intramolecular Hbond substituents is 1. The molecule has 1 aliphatic rings. The van der Waals surface area contributed by atoms with E-state index in [0.717, 1.165) is 5.56 Å². The summed E-state index contributed by atoms with van der Waals surface area (Å²) in [5.41, 5.74) is 2.75. The molecule has 3 aromatic rings. The van der Waals surface area contributed by atoms with Crippen LogP contribution < -0.4 is 10.6 Å². The van der Waals surface area contributed by atoms with Gasteiger partial charge >= 0.3 is 0 Å². The zero-order chi connectivity index (χ0) is 20.5. The second-order valence-electron chi connectivity index (χ2n) is 6.76. The third-order valence-corrected chi connectivity index (χ3v) is 4.93. The first kappa shape index (κ1) is 18.4. The number of amides is 1. The van der Waals surface area contributed by atoms with Crippen LogP contribution in [0.5, 0.6) is 5.75 Å². The molecule has 6 heteroatoms. The average Bonchev–Trinajstić information content (AvgIpc) is 2.74. The smallest absolute Gasteiger partial charge is 0.224 e. The molecule has 0 bridgehead atoms. The van der Waals surface area contributed by atoms with Gasteiger partial charge in [0.15, 0.2) is 11.6 Å². The summed E-state index contributed by atoms with van der Waals surface area (Å²) >= 11 is 0. The molecule has 1 amide bonds. The topological polar surface area (TPSA) is 95.5 Å². The molecular formula is C23H18N2O4. The number of hydrogen-bond acceptors (Lipinski definition) is 5. The lowest BCUT2D eigenvalue weighted by molar-refractivity contribution is -0.119. The standard InChI is InChI=1S/C23H18N2O4/c1-24-19(27)12-13-6-8-14(9-7-13)25-17-10-11-18(26)21-20(17)22(28)15-4-2-3-5-16(15)23(21)29/h2-11,25-26H,12H2,1H3,(H,24,27). The zero-order valence-corrected chi connectivity index (χ0v) is 15.7. The molecular weight excluding hydrogens is 368 g/mol.